The molecule has 0 bridgehead atoms. The normalized spacial score (nSPS) is 29.1. The van der Waals surface area contributed by atoms with E-state index in [4.69, 9.17) is 47.4 Å². The summed E-state index contributed by atoms with van der Waals surface area (Å²) in [5.74, 6) is -5.74. The molecular formula is C30H37Br2NO17. The van der Waals surface area contributed by atoms with E-state index in [9.17, 15) is 33.6 Å². The topological polar surface area (TPSA) is 228 Å². The number of ether oxygens (including phenoxy) is 10. The minimum Gasteiger partial charge on any atom is -0.463 e. The molecule has 10 atom stereocenters. The summed E-state index contributed by atoms with van der Waals surface area (Å²) in [6.07, 6.45) is -14.9. The van der Waals surface area contributed by atoms with E-state index in [0.717, 1.165) is 48.5 Å². The number of nitrogens with one attached hydrogen (secondary N) is 1. The lowest BCUT2D eigenvalue weighted by atomic mass is 9.92. The minimum absolute atomic E-state index is 0.339. The molecular weight excluding hydrogens is 806 g/mol. The number of halogens is 2. The van der Waals surface area contributed by atoms with E-state index >= 15 is 0 Å². The molecule has 1 N–H and O–H groups in total. The predicted octanol–water partition coefficient (Wildman–Crippen LogP) is 1.87. The van der Waals surface area contributed by atoms with Gasteiger partial charge in [-0.25, -0.2) is 0 Å². The molecule has 2 aliphatic rings. The van der Waals surface area contributed by atoms with Gasteiger partial charge in [-0.3, -0.25) is 33.6 Å². The largest absolute Gasteiger partial charge is 0.463 e. The van der Waals surface area contributed by atoms with Crippen molar-refractivity contribution in [3.05, 3.63) is 20.8 Å². The number of H-pyrrole nitrogens is 1. The average Bonchev–Trinajstić information content (AvgIpc) is 3.32. The number of carbonyl (C=O) groups excluding carboxylic acids is 7. The second-order valence-corrected chi connectivity index (χ2v) is 12.7. The van der Waals surface area contributed by atoms with Crippen molar-refractivity contribution in [1.29, 1.82) is 0 Å². The Kier molecular flexibility index (Phi) is 14.8. The number of hydrogen-bond donors (Lipinski definition) is 1. The third-order valence-electron chi connectivity index (χ3n) is 6.98. The quantitative estimate of drug-likeness (QED) is 0.234. The fourth-order valence-corrected chi connectivity index (χ4v) is 6.03. The number of aromatic nitrogens is 1. The summed E-state index contributed by atoms with van der Waals surface area (Å²) in [6, 6.07) is 1.61. The Morgan fingerprint density at radius 2 is 1.00 bits per heavy atom. The van der Waals surface area contributed by atoms with Gasteiger partial charge in [-0.2, -0.15) is 0 Å². The van der Waals surface area contributed by atoms with Gasteiger partial charge in [0.2, 0.25) is 0 Å². The number of aromatic amines is 1. The monoisotopic (exact) mass is 841 g/mol. The molecule has 20 heteroatoms. The summed E-state index contributed by atoms with van der Waals surface area (Å²) in [4.78, 5) is 88.6. The van der Waals surface area contributed by atoms with E-state index in [1.807, 2.05) is 0 Å². The van der Waals surface area contributed by atoms with Gasteiger partial charge in [0.1, 0.15) is 37.6 Å². The minimum atomic E-state index is -1.77. The Bertz CT molecular complexity index is 1430. The van der Waals surface area contributed by atoms with Crippen LogP contribution in [-0.2, 0) is 80.9 Å². The number of esters is 7. The molecule has 0 spiro atoms. The van der Waals surface area contributed by atoms with Crippen LogP contribution in [0.25, 0.3) is 0 Å². The summed E-state index contributed by atoms with van der Waals surface area (Å²) < 4.78 is 57.9. The molecule has 0 aromatic carbocycles. The van der Waals surface area contributed by atoms with Gasteiger partial charge in [0.15, 0.2) is 36.8 Å². The van der Waals surface area contributed by atoms with Gasteiger partial charge in [-0.05, 0) is 37.9 Å². The van der Waals surface area contributed by atoms with Gasteiger partial charge in [0.25, 0.3) is 0 Å². The lowest BCUT2D eigenvalue weighted by molar-refractivity contribution is -0.345. The van der Waals surface area contributed by atoms with Gasteiger partial charge < -0.3 is 52.4 Å². The fraction of sp³-hybridized carbons (Fsp3) is 0.633. The fourth-order valence-electron chi connectivity index (χ4n) is 5.34. The van der Waals surface area contributed by atoms with Crippen LogP contribution in [0.4, 0.5) is 0 Å². The zero-order valence-corrected chi connectivity index (χ0v) is 31.1. The zero-order chi connectivity index (χ0) is 37.4. The highest BCUT2D eigenvalue weighted by atomic mass is 79.9. The van der Waals surface area contributed by atoms with E-state index in [-0.39, 0.29) is 0 Å². The average molecular weight is 843 g/mol. The van der Waals surface area contributed by atoms with Crippen LogP contribution < -0.4 is 0 Å². The maximum Gasteiger partial charge on any atom is 0.303 e. The molecule has 2 saturated heterocycles. The molecule has 1 aromatic heterocycles. The second kappa shape index (κ2) is 18.1. The number of hydrogen-bond acceptors (Lipinski definition) is 17. The third-order valence-corrected chi connectivity index (χ3v) is 8.76. The van der Waals surface area contributed by atoms with Crippen molar-refractivity contribution >= 4 is 73.6 Å². The van der Waals surface area contributed by atoms with Crippen LogP contribution in [-0.4, -0.2) is 115 Å². The molecule has 3 rings (SSSR count). The summed E-state index contributed by atoms with van der Waals surface area (Å²) in [5.41, 5.74) is 0.339. The molecule has 0 aliphatic carbocycles. The highest BCUT2D eigenvalue weighted by molar-refractivity contribution is 9.13. The van der Waals surface area contributed by atoms with Crippen LogP contribution in [0.2, 0.25) is 0 Å². The van der Waals surface area contributed by atoms with Crippen molar-refractivity contribution in [2.24, 2.45) is 0 Å². The second-order valence-electron chi connectivity index (χ2n) is 11.1. The Balaban J connectivity index is 2.20. The SMILES string of the molecule is CC(=O)OC[C@H]1O[C@@H](c2cc(Br)c(Br)[nH]2)[C@H](OC(C)=O)[C@@H](OC(C)=O)[C@@H]1O[C@H]1O[C@H](COC(C)=O)[C@@H](OC(C)=O)[C@H](OC(C)=O)[C@H]1OC(C)=O. The summed E-state index contributed by atoms with van der Waals surface area (Å²) >= 11 is 6.71. The van der Waals surface area contributed by atoms with E-state index in [0.29, 0.717) is 14.8 Å². The molecule has 50 heavy (non-hydrogen) atoms. The van der Waals surface area contributed by atoms with Crippen molar-refractivity contribution < 1.29 is 80.9 Å². The Morgan fingerprint density at radius 3 is 1.44 bits per heavy atom. The Morgan fingerprint density at radius 1 is 0.580 bits per heavy atom. The van der Waals surface area contributed by atoms with E-state index in [1.54, 1.807) is 6.07 Å². The van der Waals surface area contributed by atoms with Gasteiger partial charge in [-0.1, -0.05) is 0 Å². The maximum absolute atomic E-state index is 12.6. The summed E-state index contributed by atoms with van der Waals surface area (Å²) in [5, 5.41) is 0. The van der Waals surface area contributed by atoms with Crippen LogP contribution in [0, 0.1) is 0 Å². The maximum atomic E-state index is 12.6. The van der Waals surface area contributed by atoms with Crippen LogP contribution in [0.1, 0.15) is 60.3 Å². The van der Waals surface area contributed by atoms with Crippen molar-refractivity contribution in [3.63, 3.8) is 0 Å². The Hall–Kier alpha value is -3.59. The first kappa shape index (κ1) is 40.8. The number of rotatable bonds is 12. The van der Waals surface area contributed by atoms with E-state index < -0.39 is 116 Å². The van der Waals surface area contributed by atoms with Gasteiger partial charge in [0.05, 0.1) is 14.8 Å². The standard InChI is InChI=1S/C30H37Br2NO17/c1-11(34)41-9-20-24(26(45-15(5)38)25(44-14(4)37)22(48-20)19-8-18(31)29(32)33-19)50-30-28(47-17(7)40)27(46-16(6)39)23(43-13(3)36)21(49-30)10-42-12(2)35/h8,20-28,30,33H,9-10H2,1-7H3/t20-,21-,22+,23-,24-,25+,26+,27+,28-,30-/m1/s1. The molecule has 2 aliphatic heterocycles. The van der Waals surface area contributed by atoms with E-state index in [1.165, 1.54) is 0 Å². The van der Waals surface area contributed by atoms with Crippen LogP contribution in [0.3, 0.4) is 0 Å². The molecule has 0 unspecified atom stereocenters. The first-order valence-electron chi connectivity index (χ1n) is 15.0. The highest BCUT2D eigenvalue weighted by Crippen LogP contribution is 2.41. The molecule has 1 aromatic rings. The molecule has 2 fully saturated rings. The van der Waals surface area contributed by atoms with Crippen LogP contribution in [0.5, 0.6) is 0 Å². The summed E-state index contributed by atoms with van der Waals surface area (Å²) in [6.45, 7) is 6.53. The van der Waals surface area contributed by atoms with Crippen molar-refractivity contribution in [3.8, 4) is 0 Å². The van der Waals surface area contributed by atoms with Crippen molar-refractivity contribution in [2.45, 2.75) is 110 Å². The van der Waals surface area contributed by atoms with Gasteiger partial charge in [0, 0.05) is 48.5 Å². The molecule has 3 heterocycles. The first-order valence-corrected chi connectivity index (χ1v) is 16.6. The third kappa shape index (κ3) is 11.2. The Labute approximate surface area is 302 Å². The highest BCUT2D eigenvalue weighted by Gasteiger charge is 2.57. The molecule has 0 radical (unpaired) electrons. The molecule has 278 valence electrons. The summed E-state index contributed by atoms with van der Waals surface area (Å²) in [7, 11) is 0. The lowest BCUT2D eigenvalue weighted by Crippen LogP contribution is -2.66. The molecule has 18 nitrogen and oxygen atoms in total. The molecule has 0 saturated carbocycles. The van der Waals surface area contributed by atoms with E-state index in [2.05, 4.69) is 36.8 Å². The molecule has 0 amide bonds. The smallest absolute Gasteiger partial charge is 0.303 e. The van der Waals surface area contributed by atoms with Gasteiger partial charge in [-0.15, -0.1) is 0 Å². The van der Waals surface area contributed by atoms with Crippen molar-refractivity contribution in [2.75, 3.05) is 13.2 Å². The zero-order valence-electron chi connectivity index (χ0n) is 28.0. The first-order chi connectivity index (χ1) is 23.4. The number of carbonyl (C=O) groups is 7. The van der Waals surface area contributed by atoms with Crippen molar-refractivity contribution in [1.82, 2.24) is 4.98 Å². The van der Waals surface area contributed by atoms with Crippen LogP contribution in [0.15, 0.2) is 15.1 Å². The van der Waals surface area contributed by atoms with Crippen LogP contribution >= 0.6 is 31.9 Å². The lowest BCUT2D eigenvalue weighted by Gasteiger charge is -2.48. The van der Waals surface area contributed by atoms with Gasteiger partial charge >= 0.3 is 41.8 Å². The predicted molar refractivity (Wildman–Crippen MR) is 168 cm³/mol.